The van der Waals surface area contributed by atoms with Gasteiger partial charge in [-0.05, 0) is 230 Å². The van der Waals surface area contributed by atoms with Crippen LogP contribution in [0.25, 0.3) is 265 Å². The number of aromatic nitrogens is 9. The van der Waals surface area contributed by atoms with E-state index >= 15 is 0 Å². The quantitative estimate of drug-likeness (QED) is 0.109. The largest absolute Gasteiger partial charge is 0.456 e. The van der Waals surface area contributed by atoms with Crippen LogP contribution in [-0.2, 0) is 5.41 Å². The van der Waals surface area contributed by atoms with Crippen LogP contribution in [0.1, 0.15) is 22.3 Å². The number of benzene rings is 25. The second kappa shape index (κ2) is 36.0. The van der Waals surface area contributed by atoms with Crippen LogP contribution < -0.4 is 0 Å². The van der Waals surface area contributed by atoms with Gasteiger partial charge in [0.2, 0.25) is 0 Å². The molecule has 0 N–H and O–H groups in total. The van der Waals surface area contributed by atoms with E-state index in [2.05, 4.69) is 406 Å². The molecule has 148 heavy (non-hydrogen) atoms. The van der Waals surface area contributed by atoms with E-state index in [1.165, 1.54) is 130 Å². The van der Waals surface area contributed by atoms with Crippen molar-refractivity contribution in [3.8, 4) is 125 Å². The molecule has 29 aromatic rings. The molecule has 0 amide bonds. The van der Waals surface area contributed by atoms with E-state index in [-0.39, 0.29) is 0 Å². The first kappa shape index (κ1) is 86.1. The highest BCUT2D eigenvalue weighted by Gasteiger charge is 2.46. The van der Waals surface area contributed by atoms with E-state index in [1.54, 1.807) is 0 Å². The van der Waals surface area contributed by atoms with Gasteiger partial charge in [-0.1, -0.05) is 449 Å². The standard InChI is InChI=1S/C52H33N3.C43H25N3O.C43H27N3/c1-4-15-35(16-5-1)49-53-50(37-26-28-42-36(32-37)25-30-43-41-21-11-10-14-34(41)24-29-44(42)43)55-51(54-49)38-27-31-46-45-22-12-13-23-47(45)52(48(46)33-38,39-17-6-2-7-18-39)40-19-8-3-9-20-40;1-2-9-28-23-30(14-13-26(28)7-1)41-44-42(46-43(45-41)32-18-22-40-38(25-32)37-11-5-6-12-39(37)47-40)31-17-19-34-29(24-31)16-21-35-33-10-4-3-8-27(33)15-20-36(34)35;1-3-12-29(13-4-1)41-44-42(30-14-5-2-6-15-30)46-43(45-41)34-26-31-16-8-10-18-36(31)40(27-34)33-20-22-37-32(25-33)21-24-38-35-17-9-7-11-28(35)19-23-39(37)38/h1-33H;1-25H;1-27H. The van der Waals surface area contributed by atoms with E-state index in [0.717, 1.165) is 105 Å². The Bertz CT molecular complexity index is 10300. The molecule has 10 heteroatoms. The van der Waals surface area contributed by atoms with Gasteiger partial charge in [-0.3, -0.25) is 0 Å². The fourth-order valence-corrected chi connectivity index (χ4v) is 22.4. The van der Waals surface area contributed by atoms with Crippen LogP contribution in [0.2, 0.25) is 0 Å². The Kier molecular flexibility index (Phi) is 20.9. The first-order valence-electron chi connectivity index (χ1n) is 50.1. The fraction of sp³-hybridized carbons (Fsp3) is 0.00725. The highest BCUT2D eigenvalue weighted by molar-refractivity contribution is 6.21. The monoisotopic (exact) mass is 1880 g/mol. The summed E-state index contributed by atoms with van der Waals surface area (Å²) in [6, 6.07) is 182. The van der Waals surface area contributed by atoms with E-state index in [1.807, 2.05) is 109 Å². The molecule has 4 aromatic heterocycles. The molecule has 4 heterocycles. The van der Waals surface area contributed by atoms with Crippen LogP contribution in [0.4, 0.5) is 0 Å². The Balaban J connectivity index is 0.000000108. The van der Waals surface area contributed by atoms with Crippen LogP contribution in [0.5, 0.6) is 0 Å². The van der Waals surface area contributed by atoms with Crippen molar-refractivity contribution in [2.24, 2.45) is 0 Å². The third kappa shape index (κ3) is 15.2. The lowest BCUT2D eigenvalue weighted by Gasteiger charge is -2.34. The second-order valence-corrected chi connectivity index (χ2v) is 38.1. The molecular weight excluding hydrogens is 1800 g/mol. The minimum Gasteiger partial charge on any atom is -0.456 e. The number of hydrogen-bond acceptors (Lipinski definition) is 10. The van der Waals surface area contributed by atoms with E-state index < -0.39 is 5.41 Å². The fourth-order valence-electron chi connectivity index (χ4n) is 22.4. The lowest BCUT2D eigenvalue weighted by Crippen LogP contribution is -2.28. The Morgan fingerprint density at radius 1 is 0.128 bits per heavy atom. The predicted octanol–water partition coefficient (Wildman–Crippen LogP) is 35.2. The molecule has 0 saturated heterocycles. The molecule has 0 saturated carbocycles. The summed E-state index contributed by atoms with van der Waals surface area (Å²) in [7, 11) is 0. The highest BCUT2D eigenvalue weighted by atomic mass is 16.3. The second-order valence-electron chi connectivity index (χ2n) is 38.1. The number of hydrogen-bond donors (Lipinski definition) is 0. The van der Waals surface area contributed by atoms with Gasteiger partial charge >= 0.3 is 0 Å². The topological polar surface area (TPSA) is 129 Å². The molecule has 0 fully saturated rings. The van der Waals surface area contributed by atoms with Gasteiger partial charge in [-0.15, -0.1) is 0 Å². The van der Waals surface area contributed by atoms with Crippen LogP contribution in [-0.4, -0.2) is 44.9 Å². The van der Waals surface area contributed by atoms with Crippen molar-refractivity contribution in [2.75, 3.05) is 0 Å². The van der Waals surface area contributed by atoms with Crippen molar-refractivity contribution >= 4 is 140 Å². The molecule has 688 valence electrons. The Hall–Kier alpha value is -19.8. The third-order valence-electron chi connectivity index (χ3n) is 29.5. The first-order chi connectivity index (χ1) is 73.3. The van der Waals surface area contributed by atoms with Gasteiger partial charge in [-0.2, -0.15) is 0 Å². The summed E-state index contributed by atoms with van der Waals surface area (Å²) < 4.78 is 6.11. The summed E-state index contributed by atoms with van der Waals surface area (Å²) in [4.78, 5) is 45.7. The molecule has 0 aliphatic heterocycles. The summed E-state index contributed by atoms with van der Waals surface area (Å²) in [5.74, 6) is 5.79. The zero-order valence-electron chi connectivity index (χ0n) is 80.0. The van der Waals surface area contributed by atoms with Gasteiger partial charge in [0.1, 0.15) is 11.2 Å². The van der Waals surface area contributed by atoms with Crippen molar-refractivity contribution in [1.29, 1.82) is 0 Å². The lowest BCUT2D eigenvalue weighted by atomic mass is 9.67. The summed E-state index contributed by atoms with van der Waals surface area (Å²) >= 11 is 0. The number of rotatable bonds is 12. The molecule has 1 aliphatic rings. The minimum absolute atomic E-state index is 0.519. The Labute approximate surface area is 851 Å². The van der Waals surface area contributed by atoms with Gasteiger partial charge < -0.3 is 4.42 Å². The molecule has 0 bridgehead atoms. The average molecular weight is 1890 g/mol. The maximum absolute atomic E-state index is 6.11. The molecule has 0 radical (unpaired) electrons. The number of furan rings is 1. The van der Waals surface area contributed by atoms with Crippen molar-refractivity contribution in [2.45, 2.75) is 5.41 Å². The molecule has 10 nitrogen and oxygen atoms in total. The van der Waals surface area contributed by atoms with Crippen LogP contribution in [0.3, 0.4) is 0 Å². The Morgan fingerprint density at radius 3 is 0.878 bits per heavy atom. The molecule has 30 rings (SSSR count). The van der Waals surface area contributed by atoms with Crippen LogP contribution in [0, 0.1) is 0 Å². The summed E-state index contributed by atoms with van der Waals surface area (Å²) in [5, 5.41) is 29.1. The first-order valence-corrected chi connectivity index (χ1v) is 50.1. The zero-order valence-corrected chi connectivity index (χ0v) is 80.0. The van der Waals surface area contributed by atoms with Crippen molar-refractivity contribution in [1.82, 2.24) is 44.9 Å². The van der Waals surface area contributed by atoms with Gasteiger partial charge in [0.15, 0.2) is 52.4 Å². The van der Waals surface area contributed by atoms with Gasteiger partial charge in [0.25, 0.3) is 0 Å². The maximum atomic E-state index is 6.11. The summed E-state index contributed by atoms with van der Waals surface area (Å²) in [6.45, 7) is 0. The smallest absolute Gasteiger partial charge is 0.164 e. The van der Waals surface area contributed by atoms with Gasteiger partial charge in [0.05, 0.1) is 5.41 Å². The summed E-state index contributed by atoms with van der Waals surface area (Å²) in [6.07, 6.45) is 0. The molecular formula is C138H85N9O. The summed E-state index contributed by atoms with van der Waals surface area (Å²) in [5.41, 5.74) is 19.4. The maximum Gasteiger partial charge on any atom is 0.164 e. The van der Waals surface area contributed by atoms with Gasteiger partial charge in [0, 0.05) is 60.8 Å². The lowest BCUT2D eigenvalue weighted by molar-refractivity contribution is 0.669. The normalized spacial score (nSPS) is 12.1. The molecule has 0 atom stereocenters. The van der Waals surface area contributed by atoms with E-state index in [9.17, 15) is 0 Å². The highest BCUT2D eigenvalue weighted by Crippen LogP contribution is 2.57. The molecule has 25 aromatic carbocycles. The molecule has 0 unspecified atom stereocenters. The Morgan fingerprint density at radius 2 is 0.405 bits per heavy atom. The van der Waals surface area contributed by atoms with Crippen LogP contribution >= 0.6 is 0 Å². The number of para-hydroxylation sites is 1. The zero-order chi connectivity index (χ0) is 97.7. The van der Waals surface area contributed by atoms with Crippen molar-refractivity contribution in [3.63, 3.8) is 0 Å². The number of fused-ring (bicyclic) bond motifs is 23. The van der Waals surface area contributed by atoms with Crippen LogP contribution in [0.15, 0.2) is 520 Å². The van der Waals surface area contributed by atoms with E-state index in [4.69, 9.17) is 49.3 Å². The third-order valence-corrected chi connectivity index (χ3v) is 29.5. The molecule has 0 spiro atoms. The molecule has 1 aliphatic carbocycles. The van der Waals surface area contributed by atoms with E-state index in [0.29, 0.717) is 52.4 Å². The minimum atomic E-state index is -0.519. The average Bonchev–Trinajstić information content (AvgIpc) is 1.53. The predicted molar refractivity (Wildman–Crippen MR) is 611 cm³/mol. The van der Waals surface area contributed by atoms with Crippen molar-refractivity contribution in [3.05, 3.63) is 538 Å². The van der Waals surface area contributed by atoms with Gasteiger partial charge in [-0.25, -0.2) is 44.9 Å². The van der Waals surface area contributed by atoms with Crippen molar-refractivity contribution < 1.29 is 4.42 Å². The number of nitrogens with zero attached hydrogens (tertiary/aromatic N) is 9. The SMILES string of the molecule is c1ccc(-c2nc(-c3ccc4c(c3)C(c3ccccc3)(c3ccccc3)c3ccccc3-4)nc(-c3ccc4c(ccc5c6ccccc6ccc45)c3)n2)cc1.c1ccc(-c2nc(-c3ccccc3)nc(-c3cc(-c4ccc5c(ccc6c7ccccc7ccc56)c4)c4ccccc4c3)n2)cc1.c1ccc2cc(-c3nc(-c4ccc5c(ccc6c7ccccc7ccc56)c4)nc(-c4ccc5oc6ccccc6c5c4)n3)ccc2c1.